The van der Waals surface area contributed by atoms with Gasteiger partial charge in [-0.15, -0.1) is 0 Å². The summed E-state index contributed by atoms with van der Waals surface area (Å²) in [6.45, 7) is 9.86. The fourth-order valence-corrected chi connectivity index (χ4v) is 3.11. The fourth-order valence-electron chi connectivity index (χ4n) is 3.11. The van der Waals surface area contributed by atoms with Crippen LogP contribution in [-0.2, 0) is 4.74 Å². The van der Waals surface area contributed by atoms with Gasteiger partial charge in [-0.1, -0.05) is 18.3 Å². The highest BCUT2D eigenvalue weighted by Gasteiger charge is 2.35. The molecule has 2 aliphatic rings. The van der Waals surface area contributed by atoms with Crippen molar-refractivity contribution in [3.05, 3.63) is 0 Å². The van der Waals surface area contributed by atoms with Gasteiger partial charge >= 0.3 is 0 Å². The number of ether oxygens (including phenoxy) is 1. The average molecular weight is 249 g/mol. The first-order chi connectivity index (χ1) is 8.49. The van der Waals surface area contributed by atoms with E-state index in [2.05, 4.69) is 37.5 Å². The van der Waals surface area contributed by atoms with Gasteiger partial charge in [-0.3, -0.25) is 4.90 Å². The lowest BCUT2D eigenvalue weighted by atomic mass is 9.88. The van der Waals surface area contributed by atoms with Gasteiger partial charge in [-0.25, -0.2) is 0 Å². The van der Waals surface area contributed by atoms with Crippen LogP contribution in [-0.4, -0.2) is 35.7 Å². The zero-order valence-electron chi connectivity index (χ0n) is 12.2. The van der Waals surface area contributed by atoms with Crippen molar-refractivity contribution in [1.29, 1.82) is 0 Å². The highest BCUT2D eigenvalue weighted by atomic mass is 16.5. The molecule has 2 heterocycles. The second-order valence-electron chi connectivity index (χ2n) is 6.58. The van der Waals surface area contributed by atoms with Crippen LogP contribution < -0.4 is 0 Å². The number of hydrogen-bond donors (Lipinski definition) is 0. The van der Waals surface area contributed by atoms with E-state index in [0.717, 1.165) is 19.4 Å². The molecule has 2 nitrogen and oxygen atoms in total. The number of nitrogens with zero attached hydrogens (tertiary/aromatic N) is 1. The van der Waals surface area contributed by atoms with Crippen LogP contribution in [0.4, 0.5) is 0 Å². The average Bonchev–Trinajstić information content (AvgIpc) is 2.28. The van der Waals surface area contributed by atoms with Crippen molar-refractivity contribution in [3.63, 3.8) is 0 Å². The second kappa shape index (κ2) is 5.63. The van der Waals surface area contributed by atoms with Crippen LogP contribution in [0.25, 0.3) is 0 Å². The standard InChI is InChI=1S/C16H27NO/c1-15(2)9-7-10-16(3,18-15)11-8-14-17-12-5-4-6-13-17/h4-7,9-10,12-14H2,1-3H3. The molecule has 2 heteroatoms. The Morgan fingerprint density at radius 1 is 1.00 bits per heavy atom. The van der Waals surface area contributed by atoms with Crippen molar-refractivity contribution in [1.82, 2.24) is 4.90 Å². The Morgan fingerprint density at radius 3 is 2.39 bits per heavy atom. The molecule has 102 valence electrons. The van der Waals surface area contributed by atoms with Crippen molar-refractivity contribution in [2.75, 3.05) is 19.6 Å². The molecule has 0 aromatic heterocycles. The summed E-state index contributed by atoms with van der Waals surface area (Å²) in [5.41, 5.74) is -0.232. The Kier molecular flexibility index (Phi) is 4.35. The molecule has 0 spiro atoms. The summed E-state index contributed by atoms with van der Waals surface area (Å²) in [5.74, 6) is 6.74. The summed E-state index contributed by atoms with van der Waals surface area (Å²) >= 11 is 0. The summed E-state index contributed by atoms with van der Waals surface area (Å²) in [4.78, 5) is 2.47. The Balaban J connectivity index is 1.87. The summed E-state index contributed by atoms with van der Waals surface area (Å²) in [5, 5.41) is 0. The number of hydrogen-bond acceptors (Lipinski definition) is 2. The van der Waals surface area contributed by atoms with Crippen molar-refractivity contribution in [2.45, 2.75) is 70.5 Å². The van der Waals surface area contributed by atoms with E-state index in [-0.39, 0.29) is 11.2 Å². The molecule has 0 aliphatic carbocycles. The van der Waals surface area contributed by atoms with E-state index in [1.54, 1.807) is 0 Å². The quantitative estimate of drug-likeness (QED) is 0.662. The monoisotopic (exact) mass is 249 g/mol. The van der Waals surface area contributed by atoms with E-state index in [4.69, 9.17) is 4.74 Å². The SMILES string of the molecule is CC1(C)CCCC(C)(C#CCN2CCCCC2)O1. The van der Waals surface area contributed by atoms with Crippen LogP contribution in [0, 0.1) is 11.8 Å². The first kappa shape index (κ1) is 13.9. The maximum atomic E-state index is 6.16. The van der Waals surface area contributed by atoms with Gasteiger partial charge in [0.05, 0.1) is 12.1 Å². The van der Waals surface area contributed by atoms with Crippen LogP contribution in [0.15, 0.2) is 0 Å². The number of rotatable bonds is 1. The maximum absolute atomic E-state index is 6.16. The lowest BCUT2D eigenvalue weighted by Gasteiger charge is -2.40. The Labute approximate surface area is 112 Å². The molecule has 0 radical (unpaired) electrons. The van der Waals surface area contributed by atoms with Gasteiger partial charge < -0.3 is 4.74 Å². The Hall–Kier alpha value is -0.520. The zero-order valence-corrected chi connectivity index (χ0v) is 12.2. The number of likely N-dealkylation sites (tertiary alicyclic amines) is 1. The van der Waals surface area contributed by atoms with Gasteiger partial charge in [0.2, 0.25) is 0 Å². The minimum absolute atomic E-state index is 0.00714. The van der Waals surface area contributed by atoms with Crippen LogP contribution >= 0.6 is 0 Å². The molecular formula is C16H27NO. The molecule has 2 rings (SSSR count). The maximum Gasteiger partial charge on any atom is 0.126 e. The zero-order chi connectivity index (χ0) is 13.1. The van der Waals surface area contributed by atoms with E-state index < -0.39 is 0 Å². The predicted molar refractivity (Wildman–Crippen MR) is 75.5 cm³/mol. The number of piperidine rings is 1. The minimum atomic E-state index is -0.225. The molecule has 2 saturated heterocycles. The molecule has 0 saturated carbocycles. The van der Waals surface area contributed by atoms with E-state index in [0.29, 0.717) is 0 Å². The van der Waals surface area contributed by atoms with Crippen molar-refractivity contribution in [3.8, 4) is 11.8 Å². The third-order valence-electron chi connectivity index (χ3n) is 4.04. The van der Waals surface area contributed by atoms with Crippen molar-refractivity contribution in [2.24, 2.45) is 0 Å². The first-order valence-corrected chi connectivity index (χ1v) is 7.42. The molecule has 1 unspecified atom stereocenters. The fraction of sp³-hybridized carbons (Fsp3) is 0.875. The molecule has 0 aromatic rings. The van der Waals surface area contributed by atoms with Crippen LogP contribution in [0.5, 0.6) is 0 Å². The summed E-state index contributed by atoms with van der Waals surface area (Å²) in [6, 6.07) is 0. The van der Waals surface area contributed by atoms with E-state index in [9.17, 15) is 0 Å². The second-order valence-corrected chi connectivity index (χ2v) is 6.58. The largest absolute Gasteiger partial charge is 0.357 e. The van der Waals surface area contributed by atoms with E-state index in [1.807, 2.05) is 0 Å². The van der Waals surface area contributed by atoms with Gasteiger partial charge in [-0.05, 0) is 66.0 Å². The van der Waals surface area contributed by atoms with Crippen molar-refractivity contribution < 1.29 is 4.74 Å². The highest BCUT2D eigenvalue weighted by molar-refractivity contribution is 5.15. The molecule has 0 aromatic carbocycles. The smallest absolute Gasteiger partial charge is 0.126 e. The van der Waals surface area contributed by atoms with Gasteiger partial charge in [-0.2, -0.15) is 0 Å². The van der Waals surface area contributed by atoms with E-state index in [1.165, 1.54) is 38.8 Å². The molecule has 0 amide bonds. The predicted octanol–water partition coefficient (Wildman–Crippen LogP) is 3.21. The molecule has 0 bridgehead atoms. The lowest BCUT2D eigenvalue weighted by Crippen LogP contribution is -2.42. The minimum Gasteiger partial charge on any atom is -0.357 e. The third-order valence-corrected chi connectivity index (χ3v) is 4.04. The van der Waals surface area contributed by atoms with Gasteiger partial charge in [0.1, 0.15) is 5.60 Å². The lowest BCUT2D eigenvalue weighted by molar-refractivity contribution is -0.135. The third kappa shape index (κ3) is 4.00. The molecular weight excluding hydrogens is 222 g/mol. The normalized spacial score (nSPS) is 32.6. The topological polar surface area (TPSA) is 12.5 Å². The van der Waals surface area contributed by atoms with E-state index >= 15 is 0 Å². The Morgan fingerprint density at radius 2 is 1.72 bits per heavy atom. The summed E-state index contributed by atoms with van der Waals surface area (Å²) in [7, 11) is 0. The van der Waals surface area contributed by atoms with Crippen LogP contribution in [0.1, 0.15) is 59.3 Å². The van der Waals surface area contributed by atoms with Crippen molar-refractivity contribution >= 4 is 0 Å². The molecule has 2 aliphatic heterocycles. The molecule has 1 atom stereocenters. The molecule has 0 N–H and O–H groups in total. The Bertz CT molecular complexity index is 333. The molecule has 18 heavy (non-hydrogen) atoms. The van der Waals surface area contributed by atoms with Crippen LogP contribution in [0.3, 0.4) is 0 Å². The molecule has 2 fully saturated rings. The van der Waals surface area contributed by atoms with Gasteiger partial charge in [0.25, 0.3) is 0 Å². The van der Waals surface area contributed by atoms with Crippen LogP contribution in [0.2, 0.25) is 0 Å². The van der Waals surface area contributed by atoms with Gasteiger partial charge in [0, 0.05) is 0 Å². The summed E-state index contributed by atoms with van der Waals surface area (Å²) in [6.07, 6.45) is 7.51. The first-order valence-electron chi connectivity index (χ1n) is 7.42. The highest BCUT2D eigenvalue weighted by Crippen LogP contribution is 2.34. The summed E-state index contributed by atoms with van der Waals surface area (Å²) < 4.78 is 6.16. The van der Waals surface area contributed by atoms with Gasteiger partial charge in [0.15, 0.2) is 0 Å².